The molecular weight excluding hydrogens is 432 g/mol. The van der Waals surface area contributed by atoms with Gasteiger partial charge in [0.25, 0.3) is 5.91 Å². The Hall–Kier alpha value is -3.33. The molecule has 2 aromatic rings. The van der Waals surface area contributed by atoms with Gasteiger partial charge >= 0.3 is 0 Å². The molecule has 0 spiro atoms. The summed E-state index contributed by atoms with van der Waals surface area (Å²) in [6.07, 6.45) is -0.704. The van der Waals surface area contributed by atoms with E-state index in [0.717, 1.165) is 24.1 Å². The van der Waals surface area contributed by atoms with Crippen LogP contribution >= 0.6 is 0 Å². The van der Waals surface area contributed by atoms with Gasteiger partial charge in [0.05, 0.1) is 0 Å². The Labute approximate surface area is 190 Å². The van der Waals surface area contributed by atoms with Crippen LogP contribution in [0.15, 0.2) is 48.5 Å². The summed E-state index contributed by atoms with van der Waals surface area (Å²) < 4.78 is 26.8. The van der Waals surface area contributed by atoms with Crippen molar-refractivity contribution in [3.05, 3.63) is 71.3 Å². The first-order chi connectivity index (χ1) is 15.7. The first-order valence-corrected chi connectivity index (χ1v) is 10.7. The number of halogens is 2. The van der Waals surface area contributed by atoms with Crippen molar-refractivity contribution >= 4 is 17.7 Å². The highest BCUT2D eigenvalue weighted by Crippen LogP contribution is 2.28. The molecule has 4 atom stereocenters. The van der Waals surface area contributed by atoms with Crippen LogP contribution in [0.2, 0.25) is 0 Å². The smallest absolute Gasteiger partial charge is 0.254 e. The third-order valence-electron chi connectivity index (χ3n) is 5.80. The number of carbonyl (C=O) groups is 3. The molecule has 0 bridgehead atoms. The van der Waals surface area contributed by atoms with E-state index in [1.807, 2.05) is 30.3 Å². The first kappa shape index (κ1) is 24.3. The highest BCUT2D eigenvalue weighted by molar-refractivity contribution is 5.92. The first-order valence-electron chi connectivity index (χ1n) is 10.7. The van der Waals surface area contributed by atoms with Crippen molar-refractivity contribution in [2.75, 3.05) is 13.6 Å². The molecule has 0 radical (unpaired) electrons. The van der Waals surface area contributed by atoms with E-state index in [4.69, 9.17) is 0 Å². The van der Waals surface area contributed by atoms with Gasteiger partial charge in [-0.2, -0.15) is 0 Å². The molecule has 7 nitrogen and oxygen atoms in total. The molecule has 1 saturated heterocycles. The summed E-state index contributed by atoms with van der Waals surface area (Å²) in [4.78, 5) is 39.4. The lowest BCUT2D eigenvalue weighted by molar-refractivity contribution is -0.137. The summed E-state index contributed by atoms with van der Waals surface area (Å²) in [6.45, 7) is 1.94. The van der Waals surface area contributed by atoms with Crippen LogP contribution in [0.5, 0.6) is 0 Å². The molecule has 0 saturated carbocycles. The molecule has 3 amide bonds. The summed E-state index contributed by atoms with van der Waals surface area (Å²) in [6, 6.07) is 10.1. The Balaban J connectivity index is 1.65. The predicted octanol–water partition coefficient (Wildman–Crippen LogP) is 2.02. The summed E-state index contributed by atoms with van der Waals surface area (Å²) in [5.74, 6) is -3.63. The standard InChI is InChI=1S/C24H27F2N3O4/c1-14(27-23(32)21(30)17-10-18(25)13-19(26)11-17)22(31)28-20-12-16(8-9-29(2)24(20)33)15-6-4-3-5-7-15/h3-7,10-11,13-14,16,20-21,30H,8-9,12H2,1-2H3,(H,27,32)(H,28,31)/t14-,16+,20-,21-/m0/s1. The van der Waals surface area contributed by atoms with E-state index in [1.54, 1.807) is 11.9 Å². The summed E-state index contributed by atoms with van der Waals surface area (Å²) >= 11 is 0. The van der Waals surface area contributed by atoms with Crippen LogP contribution in [0, 0.1) is 11.6 Å². The number of aliphatic hydroxyl groups is 1. The Morgan fingerprint density at radius 2 is 1.73 bits per heavy atom. The lowest BCUT2D eigenvalue weighted by atomic mass is 9.90. The van der Waals surface area contributed by atoms with Gasteiger partial charge in [-0.05, 0) is 48.9 Å². The normalized spacial score (nSPS) is 20.5. The molecule has 3 N–H and O–H groups in total. The Morgan fingerprint density at radius 3 is 2.36 bits per heavy atom. The molecule has 1 heterocycles. The van der Waals surface area contributed by atoms with Crippen LogP contribution in [-0.2, 0) is 14.4 Å². The van der Waals surface area contributed by atoms with E-state index in [0.29, 0.717) is 19.0 Å². The topological polar surface area (TPSA) is 98.7 Å². The van der Waals surface area contributed by atoms with Crippen molar-refractivity contribution < 1.29 is 28.3 Å². The second-order valence-corrected chi connectivity index (χ2v) is 8.29. The van der Waals surface area contributed by atoms with E-state index >= 15 is 0 Å². The van der Waals surface area contributed by atoms with Crippen molar-refractivity contribution in [2.24, 2.45) is 0 Å². The molecule has 2 aromatic carbocycles. The number of carbonyl (C=O) groups excluding carboxylic acids is 3. The van der Waals surface area contributed by atoms with Crippen LogP contribution in [0.1, 0.15) is 42.9 Å². The number of rotatable bonds is 6. The predicted molar refractivity (Wildman–Crippen MR) is 117 cm³/mol. The second-order valence-electron chi connectivity index (χ2n) is 8.29. The molecule has 0 unspecified atom stereocenters. The largest absolute Gasteiger partial charge is 0.378 e. The molecule has 0 aliphatic carbocycles. The zero-order valence-electron chi connectivity index (χ0n) is 18.4. The molecule has 1 fully saturated rings. The minimum atomic E-state index is -1.86. The van der Waals surface area contributed by atoms with Crippen LogP contribution in [0.4, 0.5) is 8.78 Å². The number of nitrogens with zero attached hydrogens (tertiary/aromatic N) is 1. The molecule has 9 heteroatoms. The fraction of sp³-hybridized carbons (Fsp3) is 0.375. The van der Waals surface area contributed by atoms with Gasteiger partial charge in [-0.15, -0.1) is 0 Å². The van der Waals surface area contributed by atoms with Crippen molar-refractivity contribution in [3.8, 4) is 0 Å². The van der Waals surface area contributed by atoms with Gasteiger partial charge in [0, 0.05) is 19.7 Å². The van der Waals surface area contributed by atoms with Crippen LogP contribution in [0.3, 0.4) is 0 Å². The third-order valence-corrected chi connectivity index (χ3v) is 5.80. The Kier molecular flexibility index (Phi) is 7.75. The average molecular weight is 459 g/mol. The van der Waals surface area contributed by atoms with Crippen molar-refractivity contribution in [1.29, 1.82) is 0 Å². The summed E-state index contributed by atoms with van der Waals surface area (Å²) in [5, 5.41) is 15.1. The molecule has 176 valence electrons. The second kappa shape index (κ2) is 10.5. The molecule has 1 aliphatic heterocycles. The maximum atomic E-state index is 13.4. The van der Waals surface area contributed by atoms with Gasteiger partial charge in [-0.25, -0.2) is 8.78 Å². The molecule has 33 heavy (non-hydrogen) atoms. The van der Waals surface area contributed by atoms with Gasteiger partial charge in [0.1, 0.15) is 23.7 Å². The molecule has 3 rings (SSSR count). The van der Waals surface area contributed by atoms with Gasteiger partial charge in [0.2, 0.25) is 11.8 Å². The monoisotopic (exact) mass is 459 g/mol. The van der Waals surface area contributed by atoms with Gasteiger partial charge < -0.3 is 20.6 Å². The van der Waals surface area contributed by atoms with Crippen LogP contribution in [0.25, 0.3) is 0 Å². The van der Waals surface area contributed by atoms with Gasteiger partial charge in [-0.3, -0.25) is 14.4 Å². The number of nitrogens with one attached hydrogen (secondary N) is 2. The number of hydrogen-bond donors (Lipinski definition) is 3. The van der Waals surface area contributed by atoms with Crippen LogP contribution < -0.4 is 10.6 Å². The maximum Gasteiger partial charge on any atom is 0.254 e. The lowest BCUT2D eigenvalue weighted by Gasteiger charge is -2.24. The number of aliphatic hydroxyl groups excluding tert-OH is 1. The summed E-state index contributed by atoms with van der Waals surface area (Å²) in [5.41, 5.74) is 0.801. The van der Waals surface area contributed by atoms with E-state index in [2.05, 4.69) is 10.6 Å². The highest BCUT2D eigenvalue weighted by Gasteiger charge is 2.33. The Morgan fingerprint density at radius 1 is 1.09 bits per heavy atom. The number of likely N-dealkylation sites (N-methyl/N-ethyl adjacent to an activating group) is 1. The van der Waals surface area contributed by atoms with Crippen molar-refractivity contribution in [3.63, 3.8) is 0 Å². The third kappa shape index (κ3) is 6.13. The SMILES string of the molecule is C[C@H](NC(=O)[C@@H](O)c1cc(F)cc(F)c1)C(=O)N[C@H]1C[C@H](c2ccccc2)CCN(C)C1=O. The molecule has 1 aliphatic rings. The fourth-order valence-corrected chi connectivity index (χ4v) is 3.92. The van der Waals surface area contributed by atoms with Crippen molar-refractivity contribution in [2.45, 2.75) is 43.9 Å². The highest BCUT2D eigenvalue weighted by atomic mass is 19.1. The average Bonchev–Trinajstić information content (AvgIpc) is 2.92. The Bertz CT molecular complexity index is 998. The van der Waals surface area contributed by atoms with Gasteiger partial charge in [0.15, 0.2) is 6.10 Å². The van der Waals surface area contributed by atoms with Gasteiger partial charge in [-0.1, -0.05) is 30.3 Å². The molecule has 0 aromatic heterocycles. The number of hydrogen-bond acceptors (Lipinski definition) is 4. The number of benzene rings is 2. The maximum absolute atomic E-state index is 13.4. The van der Waals surface area contributed by atoms with E-state index < -0.39 is 41.6 Å². The fourth-order valence-electron chi connectivity index (χ4n) is 3.92. The van der Waals surface area contributed by atoms with E-state index in [1.165, 1.54) is 6.92 Å². The van der Waals surface area contributed by atoms with Crippen LogP contribution in [-0.4, -0.2) is 53.4 Å². The quantitative estimate of drug-likeness (QED) is 0.616. The minimum absolute atomic E-state index is 0.0694. The van der Waals surface area contributed by atoms with E-state index in [-0.39, 0.29) is 17.4 Å². The number of likely N-dealkylation sites (tertiary alicyclic amines) is 1. The van der Waals surface area contributed by atoms with Crippen molar-refractivity contribution in [1.82, 2.24) is 15.5 Å². The summed E-state index contributed by atoms with van der Waals surface area (Å²) in [7, 11) is 1.68. The lowest BCUT2D eigenvalue weighted by Crippen LogP contribution is -2.53. The zero-order chi connectivity index (χ0) is 24.1. The number of amides is 3. The molecular formula is C24H27F2N3O4. The van der Waals surface area contributed by atoms with E-state index in [9.17, 15) is 28.3 Å². The zero-order valence-corrected chi connectivity index (χ0v) is 18.4. The minimum Gasteiger partial charge on any atom is -0.378 e.